The van der Waals surface area contributed by atoms with Crippen molar-refractivity contribution in [3.8, 4) is 0 Å². The van der Waals surface area contributed by atoms with Gasteiger partial charge in [0.2, 0.25) is 5.91 Å². The quantitative estimate of drug-likeness (QED) is 0.418. The number of carbonyl (C=O) groups excluding carboxylic acids is 2. The molecule has 2 amide bonds. The molecule has 1 heterocycles. The van der Waals surface area contributed by atoms with Crippen molar-refractivity contribution >= 4 is 29.3 Å². The van der Waals surface area contributed by atoms with Crippen molar-refractivity contribution in [1.29, 1.82) is 0 Å². The van der Waals surface area contributed by atoms with Crippen molar-refractivity contribution in [1.82, 2.24) is 20.1 Å². The molecule has 0 aliphatic heterocycles. The second-order valence-corrected chi connectivity index (χ2v) is 9.67. The lowest BCUT2D eigenvalue weighted by Crippen LogP contribution is -2.33. The number of carbonyl (C=O) groups is 2. The zero-order valence-electron chi connectivity index (χ0n) is 20.7. The number of anilines is 1. The molecule has 0 aliphatic carbocycles. The highest BCUT2D eigenvalue weighted by atomic mass is 32.2. The molecular formula is C26H33N5O2S. The first-order valence-corrected chi connectivity index (χ1v) is 12.5. The van der Waals surface area contributed by atoms with Crippen molar-refractivity contribution in [3.63, 3.8) is 0 Å². The summed E-state index contributed by atoms with van der Waals surface area (Å²) in [5, 5.41) is 15.5. The fourth-order valence-corrected chi connectivity index (χ4v) is 4.41. The number of aryl methyl sites for hydroxylation is 2. The largest absolute Gasteiger partial charge is 0.342 e. The summed E-state index contributed by atoms with van der Waals surface area (Å²) in [6, 6.07) is 13.0. The van der Waals surface area contributed by atoms with Gasteiger partial charge < -0.3 is 15.2 Å². The molecule has 7 nitrogen and oxygen atoms in total. The molecule has 34 heavy (non-hydrogen) atoms. The number of rotatable bonds is 9. The molecule has 0 spiro atoms. The Balaban J connectivity index is 1.72. The first kappa shape index (κ1) is 25.5. The zero-order valence-corrected chi connectivity index (χ0v) is 21.5. The van der Waals surface area contributed by atoms with E-state index >= 15 is 0 Å². The standard InChI is InChI=1S/C26H33N5O2S/c1-7-31-24(23(16(2)3)28-25(33)20-13-11-17(4)12-14-20)29-30-26(31)34-15-22(32)27-21-10-8-9-18(5)19(21)6/h8-14,16,23H,7,15H2,1-6H3,(H,27,32)(H,28,33)/t23-/m1/s1. The molecule has 0 fully saturated rings. The highest BCUT2D eigenvalue weighted by Crippen LogP contribution is 2.26. The van der Waals surface area contributed by atoms with E-state index in [2.05, 4.69) is 20.8 Å². The number of amides is 2. The minimum Gasteiger partial charge on any atom is -0.342 e. The second-order valence-electron chi connectivity index (χ2n) is 8.73. The lowest BCUT2D eigenvalue weighted by atomic mass is 10.0. The number of hydrogen-bond donors (Lipinski definition) is 2. The number of nitrogens with zero attached hydrogens (tertiary/aromatic N) is 3. The molecule has 1 atom stereocenters. The van der Waals surface area contributed by atoms with E-state index in [0.29, 0.717) is 23.1 Å². The van der Waals surface area contributed by atoms with Crippen molar-refractivity contribution in [2.75, 3.05) is 11.1 Å². The lowest BCUT2D eigenvalue weighted by molar-refractivity contribution is -0.113. The van der Waals surface area contributed by atoms with Crippen molar-refractivity contribution in [2.24, 2.45) is 5.92 Å². The van der Waals surface area contributed by atoms with E-state index < -0.39 is 0 Å². The molecule has 0 aliphatic rings. The van der Waals surface area contributed by atoms with Crippen LogP contribution in [0.3, 0.4) is 0 Å². The molecule has 180 valence electrons. The van der Waals surface area contributed by atoms with E-state index in [1.54, 1.807) is 0 Å². The molecule has 3 rings (SSSR count). The molecule has 2 aromatic carbocycles. The first-order chi connectivity index (χ1) is 16.2. The average Bonchev–Trinajstić information content (AvgIpc) is 3.21. The van der Waals surface area contributed by atoms with Crippen LogP contribution in [-0.2, 0) is 11.3 Å². The molecule has 0 saturated heterocycles. The van der Waals surface area contributed by atoms with Gasteiger partial charge in [0.1, 0.15) is 0 Å². The van der Waals surface area contributed by atoms with E-state index in [0.717, 1.165) is 22.4 Å². The molecule has 0 bridgehead atoms. The fraction of sp³-hybridized carbons (Fsp3) is 0.385. The van der Waals surface area contributed by atoms with Gasteiger partial charge in [-0.05, 0) is 62.9 Å². The Kier molecular flexibility index (Phi) is 8.50. The van der Waals surface area contributed by atoms with Crippen molar-refractivity contribution in [2.45, 2.75) is 59.3 Å². The van der Waals surface area contributed by atoms with Crippen molar-refractivity contribution < 1.29 is 9.59 Å². The third-order valence-electron chi connectivity index (χ3n) is 5.82. The average molecular weight is 480 g/mol. The summed E-state index contributed by atoms with van der Waals surface area (Å²) in [5.41, 5.74) is 4.72. The van der Waals surface area contributed by atoms with E-state index in [4.69, 9.17) is 0 Å². The van der Waals surface area contributed by atoms with Crippen LogP contribution in [0.4, 0.5) is 5.69 Å². The van der Waals surface area contributed by atoms with Crippen molar-refractivity contribution in [3.05, 3.63) is 70.5 Å². The summed E-state index contributed by atoms with van der Waals surface area (Å²) in [6.45, 7) is 12.7. The van der Waals surface area contributed by atoms with Crippen LogP contribution in [-0.4, -0.2) is 32.3 Å². The Morgan fingerprint density at radius 2 is 1.74 bits per heavy atom. The van der Waals surface area contributed by atoms with Gasteiger partial charge in [0.25, 0.3) is 5.91 Å². The van der Waals surface area contributed by atoms with Crippen LogP contribution in [0.5, 0.6) is 0 Å². The minimum atomic E-state index is -0.306. The molecule has 1 aromatic heterocycles. The molecule has 8 heteroatoms. The Morgan fingerprint density at radius 1 is 1.03 bits per heavy atom. The van der Waals surface area contributed by atoms with Crippen LogP contribution in [0.15, 0.2) is 47.6 Å². The monoisotopic (exact) mass is 479 g/mol. The maximum atomic E-state index is 12.9. The molecule has 0 radical (unpaired) electrons. The van der Waals surface area contributed by atoms with Crippen LogP contribution >= 0.6 is 11.8 Å². The van der Waals surface area contributed by atoms with Crippen LogP contribution in [0.1, 0.15) is 59.7 Å². The Bertz CT molecular complexity index is 1150. The van der Waals surface area contributed by atoms with Gasteiger partial charge in [-0.3, -0.25) is 9.59 Å². The molecular weight excluding hydrogens is 446 g/mol. The molecule has 0 saturated carbocycles. The highest BCUT2D eigenvalue weighted by Gasteiger charge is 2.26. The Morgan fingerprint density at radius 3 is 2.38 bits per heavy atom. The summed E-state index contributed by atoms with van der Waals surface area (Å²) in [7, 11) is 0. The molecule has 3 aromatic rings. The summed E-state index contributed by atoms with van der Waals surface area (Å²) in [6.07, 6.45) is 0. The Hall–Kier alpha value is -3.13. The van der Waals surface area contributed by atoms with Gasteiger partial charge in [0.05, 0.1) is 11.8 Å². The summed E-state index contributed by atoms with van der Waals surface area (Å²) >= 11 is 1.34. The van der Waals surface area contributed by atoms with Crippen LogP contribution in [0.25, 0.3) is 0 Å². The highest BCUT2D eigenvalue weighted by molar-refractivity contribution is 7.99. The zero-order chi connectivity index (χ0) is 24.8. The third-order valence-corrected chi connectivity index (χ3v) is 6.78. The molecule has 0 unspecified atom stereocenters. The normalized spacial score (nSPS) is 12.0. The predicted octanol–water partition coefficient (Wildman–Crippen LogP) is 5.08. The Labute approximate surface area is 205 Å². The summed E-state index contributed by atoms with van der Waals surface area (Å²) < 4.78 is 1.97. The summed E-state index contributed by atoms with van der Waals surface area (Å²) in [5.74, 6) is 0.767. The minimum absolute atomic E-state index is 0.0982. The van der Waals surface area contributed by atoms with E-state index in [9.17, 15) is 9.59 Å². The summed E-state index contributed by atoms with van der Waals surface area (Å²) in [4.78, 5) is 25.4. The third kappa shape index (κ3) is 6.05. The van der Waals surface area contributed by atoms with Gasteiger partial charge in [-0.25, -0.2) is 0 Å². The van der Waals surface area contributed by atoms with E-state index in [1.165, 1.54) is 11.8 Å². The molecule has 2 N–H and O–H groups in total. The van der Waals surface area contributed by atoms with E-state index in [-0.39, 0.29) is 29.5 Å². The number of hydrogen-bond acceptors (Lipinski definition) is 5. The van der Waals surface area contributed by atoms with Crippen LogP contribution < -0.4 is 10.6 Å². The van der Waals surface area contributed by atoms with Gasteiger partial charge in [-0.15, -0.1) is 10.2 Å². The SMILES string of the molecule is CCn1c(SCC(=O)Nc2cccc(C)c2C)nnc1[C@H](NC(=O)c1ccc(C)cc1)C(C)C. The second kappa shape index (κ2) is 11.3. The number of nitrogens with one attached hydrogen (secondary N) is 2. The van der Waals surface area contributed by atoms with Gasteiger partial charge in [-0.1, -0.05) is 55.4 Å². The van der Waals surface area contributed by atoms with Crippen LogP contribution in [0, 0.1) is 26.7 Å². The van der Waals surface area contributed by atoms with Crippen LogP contribution in [0.2, 0.25) is 0 Å². The fourth-order valence-electron chi connectivity index (χ4n) is 3.60. The smallest absolute Gasteiger partial charge is 0.251 e. The number of benzene rings is 2. The van der Waals surface area contributed by atoms with Gasteiger partial charge in [0, 0.05) is 17.8 Å². The van der Waals surface area contributed by atoms with E-state index in [1.807, 2.05) is 88.6 Å². The van der Waals surface area contributed by atoms with Gasteiger partial charge >= 0.3 is 0 Å². The lowest BCUT2D eigenvalue weighted by Gasteiger charge is -2.22. The number of aromatic nitrogens is 3. The topological polar surface area (TPSA) is 88.9 Å². The van der Waals surface area contributed by atoms with Gasteiger partial charge in [-0.2, -0.15) is 0 Å². The van der Waals surface area contributed by atoms with Gasteiger partial charge in [0.15, 0.2) is 11.0 Å². The predicted molar refractivity (Wildman–Crippen MR) is 137 cm³/mol. The maximum absolute atomic E-state index is 12.9. The number of thioether (sulfide) groups is 1. The first-order valence-electron chi connectivity index (χ1n) is 11.5. The maximum Gasteiger partial charge on any atom is 0.251 e.